The summed E-state index contributed by atoms with van der Waals surface area (Å²) in [5.74, 6) is -1.18. The van der Waals surface area contributed by atoms with E-state index < -0.39 is 54.2 Å². The summed E-state index contributed by atoms with van der Waals surface area (Å²) in [6, 6.07) is 3.88. The molecule has 0 radical (unpaired) electrons. The smallest absolute Gasteiger partial charge is 0.339 e. The molecule has 0 amide bonds. The number of esters is 2. The fourth-order valence-electron chi connectivity index (χ4n) is 6.37. The number of carbonyl (C=O) groups is 2. The Labute approximate surface area is 226 Å². The highest BCUT2D eigenvalue weighted by Crippen LogP contribution is 2.55. The average Bonchev–Trinajstić information content (AvgIpc) is 3.54. The maximum Gasteiger partial charge on any atom is 0.339 e. The molecule has 0 saturated carbocycles. The molecule has 0 bridgehead atoms. The van der Waals surface area contributed by atoms with Crippen LogP contribution in [0.4, 0.5) is 0 Å². The lowest BCUT2D eigenvalue weighted by Crippen LogP contribution is -2.49. The van der Waals surface area contributed by atoms with Crippen molar-refractivity contribution in [3.63, 3.8) is 0 Å². The number of hydrogen-bond acceptors (Lipinski definition) is 10. The summed E-state index contributed by atoms with van der Waals surface area (Å²) in [6.45, 7) is 4.72. The van der Waals surface area contributed by atoms with Gasteiger partial charge >= 0.3 is 11.9 Å². The van der Waals surface area contributed by atoms with Crippen LogP contribution in [-0.4, -0.2) is 83.9 Å². The summed E-state index contributed by atoms with van der Waals surface area (Å²) < 4.78 is 49.2. The number of ether oxygens (including phenoxy) is 5. The Bertz CT molecular complexity index is 1240. The van der Waals surface area contributed by atoms with Gasteiger partial charge in [-0.05, 0) is 81.8 Å². The van der Waals surface area contributed by atoms with E-state index in [0.29, 0.717) is 17.3 Å². The molecule has 1 fully saturated rings. The number of fused-ring (bicyclic) bond motifs is 3. The van der Waals surface area contributed by atoms with Crippen molar-refractivity contribution < 1.29 is 47.6 Å². The van der Waals surface area contributed by atoms with E-state index in [0.717, 1.165) is 43.5 Å². The van der Waals surface area contributed by atoms with Gasteiger partial charge in [0, 0.05) is 6.54 Å². The molecule has 10 heteroatoms. The molecule has 208 valence electrons. The van der Waals surface area contributed by atoms with Gasteiger partial charge in [0.15, 0.2) is 23.2 Å². The molecule has 1 aliphatic carbocycles. The van der Waals surface area contributed by atoms with E-state index in [1.807, 2.05) is 18.2 Å². The molecule has 38 heavy (non-hydrogen) atoms. The molecule has 3 aliphatic heterocycles. The van der Waals surface area contributed by atoms with E-state index in [1.54, 1.807) is 0 Å². The predicted octanol–water partition coefficient (Wildman–Crippen LogP) is 2.19. The monoisotopic (exact) mass is 534 g/mol. The summed E-state index contributed by atoms with van der Waals surface area (Å²) >= 11 is 0. The first-order valence-corrected chi connectivity index (χ1v) is 13.0. The minimum atomic E-state index is -3.05. The Morgan fingerprint density at radius 1 is 1.21 bits per heavy atom. The van der Waals surface area contributed by atoms with Crippen LogP contribution in [0.25, 0.3) is 0 Å². The van der Waals surface area contributed by atoms with E-state index in [9.17, 15) is 19.8 Å². The minimum Gasteiger partial charge on any atom is -0.497 e. The van der Waals surface area contributed by atoms with E-state index in [2.05, 4.69) is 9.64 Å². The molecule has 1 spiro atoms. The first-order chi connectivity index (χ1) is 19.1. The quantitative estimate of drug-likeness (QED) is 0.480. The van der Waals surface area contributed by atoms with Crippen LogP contribution in [0, 0.1) is 0 Å². The number of nitrogens with zero attached hydrogens (tertiary/aromatic N) is 1. The van der Waals surface area contributed by atoms with E-state index in [4.69, 9.17) is 23.1 Å². The van der Waals surface area contributed by atoms with Gasteiger partial charge in [0.05, 0.1) is 41.7 Å². The number of rotatable bonds is 8. The van der Waals surface area contributed by atoms with Crippen LogP contribution in [0.5, 0.6) is 11.5 Å². The lowest BCUT2D eigenvalue weighted by Gasteiger charge is -2.39. The maximum atomic E-state index is 13.8. The third-order valence-electron chi connectivity index (χ3n) is 8.28. The van der Waals surface area contributed by atoms with Gasteiger partial charge in [0.25, 0.3) is 0 Å². The molecule has 3 heterocycles. The molecule has 1 saturated heterocycles. The lowest BCUT2D eigenvalue weighted by atomic mass is 9.77. The maximum absolute atomic E-state index is 13.8. The standard InChI is InChI=1S/C28H37NO9/c1-26(2,32)8-9-28(33,15-22(30)35-4)25(31)38-24-21(34-3)14-27-7-5-10-29(27)11-6-17-12-19-20(37-16-36-19)13-18(17)23(24)27/h12-14,23-24,32-33H,5-11,15-16H2,1-4H3/t23-,24?,27?,28-/m1/s1/i4D3. The van der Waals surface area contributed by atoms with Crippen LogP contribution < -0.4 is 9.47 Å². The number of carbonyl (C=O) groups excluding carboxylic acids is 2. The molecule has 2 N–H and O–H groups in total. The van der Waals surface area contributed by atoms with Gasteiger partial charge in [0.2, 0.25) is 6.79 Å². The predicted molar refractivity (Wildman–Crippen MR) is 135 cm³/mol. The molecule has 5 rings (SSSR count). The van der Waals surface area contributed by atoms with E-state index >= 15 is 0 Å². The van der Waals surface area contributed by atoms with E-state index in [1.165, 1.54) is 21.0 Å². The Hall–Kier alpha value is -2.82. The zero-order valence-electron chi connectivity index (χ0n) is 25.0. The van der Waals surface area contributed by atoms with Crippen LogP contribution in [0.3, 0.4) is 0 Å². The largest absolute Gasteiger partial charge is 0.497 e. The Kier molecular flexibility index (Phi) is 5.92. The molecular weight excluding hydrogens is 494 g/mol. The molecule has 4 atom stereocenters. The summed E-state index contributed by atoms with van der Waals surface area (Å²) in [4.78, 5) is 28.6. The first kappa shape index (κ1) is 23.1. The zero-order chi connectivity index (χ0) is 29.8. The van der Waals surface area contributed by atoms with Crippen molar-refractivity contribution in [2.45, 2.75) is 81.1 Å². The van der Waals surface area contributed by atoms with Crippen LogP contribution in [0.2, 0.25) is 0 Å². The second-order valence-corrected chi connectivity index (χ2v) is 11.3. The van der Waals surface area contributed by atoms with Crippen LogP contribution in [0.15, 0.2) is 24.0 Å². The third-order valence-corrected chi connectivity index (χ3v) is 8.28. The van der Waals surface area contributed by atoms with Gasteiger partial charge in [-0.2, -0.15) is 0 Å². The molecular formula is C28H37NO9. The fraction of sp³-hybridized carbons (Fsp3) is 0.643. The summed E-state index contributed by atoms with van der Waals surface area (Å²) in [6.07, 6.45) is 2.10. The van der Waals surface area contributed by atoms with Crippen molar-refractivity contribution in [3.8, 4) is 11.5 Å². The lowest BCUT2D eigenvalue weighted by molar-refractivity contribution is -0.179. The number of hydrogen-bond donors (Lipinski definition) is 2. The van der Waals surface area contributed by atoms with Crippen LogP contribution >= 0.6 is 0 Å². The van der Waals surface area contributed by atoms with Crippen molar-refractivity contribution in [1.29, 1.82) is 0 Å². The van der Waals surface area contributed by atoms with Crippen molar-refractivity contribution >= 4 is 11.9 Å². The number of aliphatic hydroxyl groups is 2. The van der Waals surface area contributed by atoms with Gasteiger partial charge in [0.1, 0.15) is 5.76 Å². The molecule has 4 aliphatic rings. The zero-order valence-corrected chi connectivity index (χ0v) is 22.0. The van der Waals surface area contributed by atoms with Gasteiger partial charge in [-0.3, -0.25) is 9.69 Å². The van der Waals surface area contributed by atoms with Gasteiger partial charge < -0.3 is 33.9 Å². The highest BCUT2D eigenvalue weighted by Gasteiger charge is 2.59. The van der Waals surface area contributed by atoms with Crippen LogP contribution in [0.1, 0.15) is 67.1 Å². The van der Waals surface area contributed by atoms with E-state index in [-0.39, 0.29) is 19.6 Å². The van der Waals surface area contributed by atoms with Crippen molar-refractivity contribution in [2.24, 2.45) is 0 Å². The summed E-state index contributed by atoms with van der Waals surface area (Å²) in [5, 5.41) is 21.8. The third kappa shape index (κ3) is 4.63. The Balaban J connectivity index is 1.51. The van der Waals surface area contributed by atoms with Crippen LogP contribution in [-0.2, 0) is 30.2 Å². The molecule has 10 nitrogen and oxygen atoms in total. The molecule has 2 unspecified atom stereocenters. The Morgan fingerprint density at radius 2 is 1.97 bits per heavy atom. The molecule has 1 aromatic rings. The van der Waals surface area contributed by atoms with Gasteiger partial charge in [-0.15, -0.1) is 0 Å². The molecule has 0 aromatic heterocycles. The number of benzene rings is 1. The minimum absolute atomic E-state index is 0.0786. The summed E-state index contributed by atoms with van der Waals surface area (Å²) in [5.41, 5.74) is -2.32. The van der Waals surface area contributed by atoms with Gasteiger partial charge in [-0.1, -0.05) is 0 Å². The van der Waals surface area contributed by atoms with Crippen molar-refractivity contribution in [1.82, 2.24) is 4.90 Å². The van der Waals surface area contributed by atoms with Gasteiger partial charge in [-0.25, -0.2) is 4.79 Å². The average molecular weight is 535 g/mol. The van der Waals surface area contributed by atoms with Crippen molar-refractivity contribution in [2.75, 3.05) is 34.0 Å². The van der Waals surface area contributed by atoms with Crippen molar-refractivity contribution in [3.05, 3.63) is 35.1 Å². The summed E-state index contributed by atoms with van der Waals surface area (Å²) in [7, 11) is -1.56. The fourth-order valence-corrected chi connectivity index (χ4v) is 6.37. The number of methoxy groups -OCH3 is 2. The second-order valence-electron chi connectivity index (χ2n) is 11.3. The highest BCUT2D eigenvalue weighted by atomic mass is 16.7. The topological polar surface area (TPSA) is 124 Å². The highest BCUT2D eigenvalue weighted by molar-refractivity contribution is 5.86. The SMILES string of the molecule is [2H]C([2H])([2H])OC(=O)C[C@](O)(CCC(C)(C)O)C(=O)OC1C(OC)=CC23CCCN2CCc2cc4c(cc2[C@H]13)OCO4. The normalized spacial score (nSPS) is 28.9. The second kappa shape index (κ2) is 9.73. The Morgan fingerprint density at radius 3 is 2.68 bits per heavy atom. The first-order valence-electron chi connectivity index (χ1n) is 14.5. The molecule has 1 aromatic carbocycles.